The van der Waals surface area contributed by atoms with E-state index in [1.165, 1.54) is 0 Å². The molecule has 0 saturated heterocycles. The van der Waals surface area contributed by atoms with Crippen LogP contribution in [0.1, 0.15) is 27.7 Å². The van der Waals surface area contributed by atoms with Crippen molar-refractivity contribution < 1.29 is 9.59 Å². The number of amides is 2. The summed E-state index contributed by atoms with van der Waals surface area (Å²) < 4.78 is 0. The van der Waals surface area contributed by atoms with Gasteiger partial charge in [0.25, 0.3) is 0 Å². The molecule has 0 saturated carbocycles. The highest BCUT2D eigenvalue weighted by Crippen LogP contribution is 2.11. The van der Waals surface area contributed by atoms with Crippen molar-refractivity contribution in [3.63, 3.8) is 0 Å². The van der Waals surface area contributed by atoms with Gasteiger partial charge in [0.1, 0.15) is 5.54 Å². The van der Waals surface area contributed by atoms with Gasteiger partial charge in [-0.3, -0.25) is 9.59 Å². The summed E-state index contributed by atoms with van der Waals surface area (Å²) in [6.45, 7) is 7.23. The van der Waals surface area contributed by atoms with Crippen LogP contribution in [-0.2, 0) is 9.59 Å². The molecule has 1 atom stereocenters. The predicted octanol–water partition coefficient (Wildman–Crippen LogP) is -0.403. The fourth-order valence-corrected chi connectivity index (χ4v) is 1.14. The first-order valence-electron chi connectivity index (χ1n) is 5.04. The van der Waals surface area contributed by atoms with E-state index in [-0.39, 0.29) is 24.3 Å². The summed E-state index contributed by atoms with van der Waals surface area (Å²) in [6.07, 6.45) is 0. The van der Waals surface area contributed by atoms with Crippen LogP contribution in [-0.4, -0.2) is 23.9 Å². The van der Waals surface area contributed by atoms with Crippen LogP contribution < -0.4 is 16.8 Å². The summed E-state index contributed by atoms with van der Waals surface area (Å²) in [5, 5.41) is 2.59. The quantitative estimate of drug-likeness (QED) is 0.582. The van der Waals surface area contributed by atoms with Crippen LogP contribution in [0.3, 0.4) is 0 Å². The van der Waals surface area contributed by atoms with E-state index in [0.29, 0.717) is 0 Å². The summed E-state index contributed by atoms with van der Waals surface area (Å²) in [6, 6.07) is 0. The first-order chi connectivity index (χ1) is 6.72. The van der Waals surface area contributed by atoms with Gasteiger partial charge in [-0.1, -0.05) is 13.8 Å². The van der Waals surface area contributed by atoms with Gasteiger partial charge in [-0.25, -0.2) is 0 Å². The maximum atomic E-state index is 11.7. The molecule has 0 aromatic heterocycles. The van der Waals surface area contributed by atoms with Gasteiger partial charge in [-0.15, -0.1) is 0 Å². The van der Waals surface area contributed by atoms with Gasteiger partial charge in [0.05, 0.1) is 5.92 Å². The minimum absolute atomic E-state index is 0.138. The van der Waals surface area contributed by atoms with Crippen LogP contribution in [0.2, 0.25) is 0 Å². The van der Waals surface area contributed by atoms with Crippen molar-refractivity contribution in [2.24, 2.45) is 23.3 Å². The van der Waals surface area contributed by atoms with Crippen molar-refractivity contribution in [3.8, 4) is 0 Å². The van der Waals surface area contributed by atoms with Gasteiger partial charge in [-0.05, 0) is 19.8 Å². The number of rotatable bonds is 5. The first kappa shape index (κ1) is 13.9. The predicted molar refractivity (Wildman–Crippen MR) is 58.8 cm³/mol. The van der Waals surface area contributed by atoms with E-state index in [9.17, 15) is 9.59 Å². The van der Waals surface area contributed by atoms with Crippen molar-refractivity contribution in [1.29, 1.82) is 0 Å². The lowest BCUT2D eigenvalue weighted by atomic mass is 9.93. The molecule has 1 unspecified atom stereocenters. The second kappa shape index (κ2) is 5.11. The second-order valence-corrected chi connectivity index (χ2v) is 4.56. The van der Waals surface area contributed by atoms with Crippen molar-refractivity contribution in [3.05, 3.63) is 0 Å². The Bertz CT molecular complexity index is 249. The molecule has 0 rings (SSSR count). The number of hydrogen-bond donors (Lipinski definition) is 3. The highest BCUT2D eigenvalue weighted by Gasteiger charge is 2.30. The lowest BCUT2D eigenvalue weighted by Crippen LogP contribution is -2.55. The van der Waals surface area contributed by atoms with Gasteiger partial charge in [-0.2, -0.15) is 0 Å². The third kappa shape index (κ3) is 3.87. The number of hydrogen-bond acceptors (Lipinski definition) is 3. The number of primary amides is 1. The summed E-state index contributed by atoms with van der Waals surface area (Å²) >= 11 is 0. The third-order valence-electron chi connectivity index (χ3n) is 2.45. The van der Waals surface area contributed by atoms with Crippen molar-refractivity contribution in [2.45, 2.75) is 33.2 Å². The standard InChI is InChI=1S/C10H21N3O2/c1-6(2)7(5-11)8(14)13-10(3,4)9(12)15/h6-7H,5,11H2,1-4H3,(H2,12,15)(H,13,14). The Morgan fingerprint density at radius 2 is 1.80 bits per heavy atom. The Balaban J connectivity index is 4.54. The van der Waals surface area contributed by atoms with Crippen LogP contribution in [0.25, 0.3) is 0 Å². The first-order valence-corrected chi connectivity index (χ1v) is 5.04. The summed E-state index contributed by atoms with van der Waals surface area (Å²) in [5.41, 5.74) is 9.62. The molecule has 0 aromatic rings. The molecule has 5 N–H and O–H groups in total. The fraction of sp³-hybridized carbons (Fsp3) is 0.800. The van der Waals surface area contributed by atoms with Crippen LogP contribution in [0.15, 0.2) is 0 Å². The molecule has 0 aromatic carbocycles. The molecule has 0 fully saturated rings. The van der Waals surface area contributed by atoms with Crippen LogP contribution in [0.4, 0.5) is 0 Å². The molecule has 15 heavy (non-hydrogen) atoms. The number of carbonyl (C=O) groups excluding carboxylic acids is 2. The average molecular weight is 215 g/mol. The van der Waals surface area contributed by atoms with E-state index in [0.717, 1.165) is 0 Å². The molecular weight excluding hydrogens is 194 g/mol. The molecule has 0 bridgehead atoms. The number of carbonyl (C=O) groups is 2. The SMILES string of the molecule is CC(C)C(CN)C(=O)NC(C)(C)C(N)=O. The van der Waals surface area contributed by atoms with E-state index in [2.05, 4.69) is 5.32 Å². The Morgan fingerprint density at radius 1 is 1.33 bits per heavy atom. The van der Waals surface area contributed by atoms with Gasteiger partial charge < -0.3 is 16.8 Å². The van der Waals surface area contributed by atoms with Crippen LogP contribution >= 0.6 is 0 Å². The second-order valence-electron chi connectivity index (χ2n) is 4.56. The number of nitrogens with two attached hydrogens (primary N) is 2. The van der Waals surface area contributed by atoms with Gasteiger partial charge in [0.2, 0.25) is 11.8 Å². The summed E-state index contributed by atoms with van der Waals surface area (Å²) in [7, 11) is 0. The largest absolute Gasteiger partial charge is 0.368 e. The zero-order chi connectivity index (χ0) is 12.2. The third-order valence-corrected chi connectivity index (χ3v) is 2.45. The highest BCUT2D eigenvalue weighted by molar-refractivity contribution is 5.90. The van der Waals surface area contributed by atoms with Gasteiger partial charge >= 0.3 is 0 Å². The van der Waals surface area contributed by atoms with E-state index < -0.39 is 11.4 Å². The topological polar surface area (TPSA) is 98.2 Å². The monoisotopic (exact) mass is 215 g/mol. The molecule has 5 nitrogen and oxygen atoms in total. The Hall–Kier alpha value is -1.10. The van der Waals surface area contributed by atoms with E-state index in [4.69, 9.17) is 11.5 Å². The highest BCUT2D eigenvalue weighted by atomic mass is 16.2. The normalized spacial score (nSPS) is 13.7. The molecule has 0 radical (unpaired) electrons. The molecule has 0 aliphatic heterocycles. The van der Waals surface area contributed by atoms with Crippen LogP contribution in [0, 0.1) is 11.8 Å². The smallest absolute Gasteiger partial charge is 0.242 e. The average Bonchev–Trinajstić information content (AvgIpc) is 2.02. The molecule has 0 aliphatic carbocycles. The van der Waals surface area contributed by atoms with E-state index >= 15 is 0 Å². The zero-order valence-corrected chi connectivity index (χ0v) is 9.83. The molecule has 88 valence electrons. The summed E-state index contributed by atoms with van der Waals surface area (Å²) in [5.74, 6) is -0.936. The molecule has 0 aliphatic rings. The number of nitrogens with one attached hydrogen (secondary N) is 1. The maximum absolute atomic E-state index is 11.7. The van der Waals surface area contributed by atoms with Gasteiger partial charge in [0, 0.05) is 6.54 Å². The minimum atomic E-state index is -1.03. The van der Waals surface area contributed by atoms with E-state index in [1.807, 2.05) is 13.8 Å². The Labute approximate surface area is 90.6 Å². The Morgan fingerprint density at radius 3 is 2.07 bits per heavy atom. The lowest BCUT2D eigenvalue weighted by Gasteiger charge is -2.26. The van der Waals surface area contributed by atoms with Crippen molar-refractivity contribution >= 4 is 11.8 Å². The lowest BCUT2D eigenvalue weighted by molar-refractivity contribution is -0.133. The van der Waals surface area contributed by atoms with Crippen LogP contribution in [0.5, 0.6) is 0 Å². The van der Waals surface area contributed by atoms with E-state index in [1.54, 1.807) is 13.8 Å². The fourth-order valence-electron chi connectivity index (χ4n) is 1.14. The maximum Gasteiger partial charge on any atom is 0.242 e. The zero-order valence-electron chi connectivity index (χ0n) is 9.83. The molecule has 2 amide bonds. The molecule has 0 heterocycles. The van der Waals surface area contributed by atoms with Gasteiger partial charge in [0.15, 0.2) is 0 Å². The van der Waals surface area contributed by atoms with Crippen molar-refractivity contribution in [1.82, 2.24) is 5.32 Å². The minimum Gasteiger partial charge on any atom is -0.368 e. The molecule has 0 spiro atoms. The Kier molecular flexibility index (Phi) is 4.74. The molecule has 5 heteroatoms. The van der Waals surface area contributed by atoms with Crippen molar-refractivity contribution in [2.75, 3.05) is 6.54 Å². The molecular formula is C10H21N3O2. The summed E-state index contributed by atoms with van der Waals surface area (Å²) in [4.78, 5) is 22.8.